The highest BCUT2D eigenvalue weighted by atomic mass is 16.6. The predicted molar refractivity (Wildman–Crippen MR) is 105 cm³/mol. The van der Waals surface area contributed by atoms with Gasteiger partial charge in [-0.15, -0.1) is 0 Å². The summed E-state index contributed by atoms with van der Waals surface area (Å²) >= 11 is 0. The highest BCUT2D eigenvalue weighted by molar-refractivity contribution is 6.05. The Morgan fingerprint density at radius 3 is 2.50 bits per heavy atom. The molecule has 0 spiro atoms. The van der Waals surface area contributed by atoms with Crippen molar-refractivity contribution < 1.29 is 19.2 Å². The molecule has 1 N–H and O–H groups in total. The number of rotatable bonds is 6. The average molecular weight is 383 g/mol. The van der Waals surface area contributed by atoms with Crippen LogP contribution < -0.4 is 15.0 Å². The van der Waals surface area contributed by atoms with Crippen LogP contribution in [-0.4, -0.2) is 29.9 Å². The second-order valence-corrected chi connectivity index (χ2v) is 6.38. The van der Waals surface area contributed by atoms with E-state index >= 15 is 0 Å². The molecule has 3 rings (SSSR count). The number of non-ortho nitro benzene ring substituents is 1. The summed E-state index contributed by atoms with van der Waals surface area (Å²) in [5, 5.41) is 14.0. The number of amides is 2. The summed E-state index contributed by atoms with van der Waals surface area (Å²) < 4.78 is 5.33. The Kier molecular flexibility index (Phi) is 5.58. The fraction of sp³-hybridized carbons (Fsp3) is 0.300. The standard InChI is InChI=1S/C20H21N3O5/c1-3-13-6-5-7-14(4-2)20(13)21-18(24)11-22-16-10-15(23(26)27)8-9-17(16)28-12-19(22)25/h5-10H,3-4,11-12H2,1-2H3,(H,21,24). The van der Waals surface area contributed by atoms with E-state index in [1.54, 1.807) is 0 Å². The van der Waals surface area contributed by atoms with Crippen molar-refractivity contribution in [2.45, 2.75) is 26.7 Å². The molecule has 8 heteroatoms. The van der Waals surface area contributed by atoms with E-state index in [2.05, 4.69) is 5.32 Å². The summed E-state index contributed by atoms with van der Waals surface area (Å²) in [5.74, 6) is -0.466. The number of ether oxygens (including phenoxy) is 1. The molecule has 1 heterocycles. The van der Waals surface area contributed by atoms with E-state index in [0.717, 1.165) is 29.7 Å². The van der Waals surface area contributed by atoms with Crippen molar-refractivity contribution in [2.75, 3.05) is 23.4 Å². The van der Waals surface area contributed by atoms with E-state index in [1.165, 1.54) is 23.1 Å². The van der Waals surface area contributed by atoms with Gasteiger partial charge in [-0.2, -0.15) is 0 Å². The van der Waals surface area contributed by atoms with Gasteiger partial charge in [0.05, 0.1) is 10.6 Å². The minimum atomic E-state index is -0.553. The first kappa shape index (κ1) is 19.3. The fourth-order valence-electron chi connectivity index (χ4n) is 3.20. The van der Waals surface area contributed by atoms with E-state index in [1.807, 2.05) is 32.0 Å². The fourth-order valence-corrected chi connectivity index (χ4v) is 3.20. The lowest BCUT2D eigenvalue weighted by Gasteiger charge is -2.28. The number of hydrogen-bond acceptors (Lipinski definition) is 5. The molecule has 28 heavy (non-hydrogen) atoms. The summed E-state index contributed by atoms with van der Waals surface area (Å²) in [5.41, 5.74) is 2.83. The number of benzene rings is 2. The number of nitrogens with zero attached hydrogens (tertiary/aromatic N) is 2. The number of para-hydroxylation sites is 1. The average Bonchev–Trinajstić information content (AvgIpc) is 2.69. The molecule has 0 aliphatic carbocycles. The Bertz CT molecular complexity index is 919. The van der Waals surface area contributed by atoms with Gasteiger partial charge in [-0.3, -0.25) is 24.6 Å². The smallest absolute Gasteiger partial charge is 0.271 e. The minimum Gasteiger partial charge on any atom is -0.482 e. The van der Waals surface area contributed by atoms with Crippen LogP contribution in [0.25, 0.3) is 0 Å². The second kappa shape index (κ2) is 8.08. The third-order valence-electron chi connectivity index (χ3n) is 4.66. The Morgan fingerprint density at radius 2 is 1.89 bits per heavy atom. The molecule has 2 aromatic carbocycles. The molecule has 0 aromatic heterocycles. The molecule has 146 valence electrons. The van der Waals surface area contributed by atoms with Crippen molar-refractivity contribution in [2.24, 2.45) is 0 Å². The van der Waals surface area contributed by atoms with Gasteiger partial charge in [-0.25, -0.2) is 0 Å². The van der Waals surface area contributed by atoms with Crippen LogP contribution in [0.3, 0.4) is 0 Å². The molecule has 0 saturated heterocycles. The molecule has 0 atom stereocenters. The number of nitro benzene ring substituents is 1. The molecule has 0 unspecified atom stereocenters. The molecule has 0 fully saturated rings. The SMILES string of the molecule is CCc1cccc(CC)c1NC(=O)CN1C(=O)COc2ccc([N+](=O)[O-])cc21. The first-order valence-electron chi connectivity index (χ1n) is 9.06. The van der Waals surface area contributed by atoms with Gasteiger partial charge in [-0.1, -0.05) is 32.0 Å². The Morgan fingerprint density at radius 1 is 1.21 bits per heavy atom. The van der Waals surface area contributed by atoms with E-state index in [-0.39, 0.29) is 30.4 Å². The second-order valence-electron chi connectivity index (χ2n) is 6.38. The molecule has 0 saturated carbocycles. The molecular weight excluding hydrogens is 362 g/mol. The van der Waals surface area contributed by atoms with Gasteiger partial charge in [-0.05, 0) is 30.0 Å². The highest BCUT2D eigenvalue weighted by Crippen LogP contribution is 2.35. The number of hydrogen-bond donors (Lipinski definition) is 1. The third-order valence-corrected chi connectivity index (χ3v) is 4.66. The van der Waals surface area contributed by atoms with Crippen LogP contribution in [0.1, 0.15) is 25.0 Å². The summed E-state index contributed by atoms with van der Waals surface area (Å²) in [7, 11) is 0. The molecule has 0 bridgehead atoms. The molecule has 2 aromatic rings. The van der Waals surface area contributed by atoms with Gasteiger partial charge in [0.1, 0.15) is 12.3 Å². The van der Waals surface area contributed by atoms with Crippen molar-refractivity contribution in [3.8, 4) is 5.75 Å². The number of aryl methyl sites for hydroxylation is 2. The summed E-state index contributed by atoms with van der Waals surface area (Å²) in [6.45, 7) is 3.54. The Labute approximate surface area is 162 Å². The van der Waals surface area contributed by atoms with Crippen LogP contribution in [0.4, 0.5) is 17.1 Å². The van der Waals surface area contributed by atoms with Gasteiger partial charge in [0.15, 0.2) is 6.61 Å². The first-order chi connectivity index (χ1) is 13.4. The van der Waals surface area contributed by atoms with Gasteiger partial charge in [0.25, 0.3) is 11.6 Å². The zero-order chi connectivity index (χ0) is 20.3. The van der Waals surface area contributed by atoms with E-state index in [0.29, 0.717) is 5.75 Å². The number of carbonyl (C=O) groups excluding carboxylic acids is 2. The van der Waals surface area contributed by atoms with Crippen LogP contribution in [0.5, 0.6) is 5.75 Å². The first-order valence-corrected chi connectivity index (χ1v) is 9.06. The van der Waals surface area contributed by atoms with Crippen LogP contribution in [0.2, 0.25) is 0 Å². The van der Waals surface area contributed by atoms with Crippen molar-refractivity contribution in [3.05, 3.63) is 57.6 Å². The molecule has 8 nitrogen and oxygen atoms in total. The Hall–Kier alpha value is -3.42. The highest BCUT2D eigenvalue weighted by Gasteiger charge is 2.29. The maximum atomic E-state index is 12.7. The summed E-state index contributed by atoms with van der Waals surface area (Å²) in [6.07, 6.45) is 1.52. The number of nitrogens with one attached hydrogen (secondary N) is 1. The molecule has 1 aliphatic rings. The van der Waals surface area contributed by atoms with Crippen molar-refractivity contribution in [1.82, 2.24) is 0 Å². The molecule has 1 aliphatic heterocycles. The van der Waals surface area contributed by atoms with Crippen LogP contribution >= 0.6 is 0 Å². The van der Waals surface area contributed by atoms with Crippen molar-refractivity contribution >= 4 is 28.9 Å². The van der Waals surface area contributed by atoms with Crippen LogP contribution in [0.15, 0.2) is 36.4 Å². The van der Waals surface area contributed by atoms with Gasteiger partial charge < -0.3 is 10.1 Å². The maximum Gasteiger partial charge on any atom is 0.271 e. The quantitative estimate of drug-likeness (QED) is 0.610. The van der Waals surface area contributed by atoms with E-state index in [4.69, 9.17) is 4.74 Å². The lowest BCUT2D eigenvalue weighted by molar-refractivity contribution is -0.384. The maximum absolute atomic E-state index is 12.7. The zero-order valence-electron chi connectivity index (χ0n) is 15.7. The van der Waals surface area contributed by atoms with Crippen LogP contribution in [-0.2, 0) is 22.4 Å². The monoisotopic (exact) mass is 383 g/mol. The minimum absolute atomic E-state index is 0.174. The van der Waals surface area contributed by atoms with E-state index < -0.39 is 10.8 Å². The van der Waals surface area contributed by atoms with E-state index in [9.17, 15) is 19.7 Å². The van der Waals surface area contributed by atoms with Gasteiger partial charge in [0, 0.05) is 17.8 Å². The molecule has 0 radical (unpaired) electrons. The van der Waals surface area contributed by atoms with Gasteiger partial charge in [0.2, 0.25) is 5.91 Å². The molecular formula is C20H21N3O5. The lowest BCUT2D eigenvalue weighted by Crippen LogP contribution is -2.43. The number of anilines is 2. The summed E-state index contributed by atoms with van der Waals surface area (Å²) in [6, 6.07) is 9.84. The van der Waals surface area contributed by atoms with Crippen molar-refractivity contribution in [3.63, 3.8) is 0 Å². The largest absolute Gasteiger partial charge is 0.482 e. The predicted octanol–water partition coefficient (Wildman–Crippen LogP) is 3.08. The van der Waals surface area contributed by atoms with Crippen LogP contribution in [0, 0.1) is 10.1 Å². The van der Waals surface area contributed by atoms with Gasteiger partial charge >= 0.3 is 0 Å². The molecule has 2 amide bonds. The number of nitro groups is 1. The topological polar surface area (TPSA) is 102 Å². The Balaban J connectivity index is 1.87. The normalized spacial score (nSPS) is 12.9. The zero-order valence-corrected chi connectivity index (χ0v) is 15.7. The summed E-state index contributed by atoms with van der Waals surface area (Å²) in [4.78, 5) is 36.8. The van der Waals surface area contributed by atoms with Crippen molar-refractivity contribution in [1.29, 1.82) is 0 Å². The number of fused-ring (bicyclic) bond motifs is 1. The third kappa shape index (κ3) is 3.80. The number of carbonyl (C=O) groups is 2. The lowest BCUT2D eigenvalue weighted by atomic mass is 10.0.